The molecule has 0 unspecified atom stereocenters. The molecule has 0 radical (unpaired) electrons. The van der Waals surface area contributed by atoms with Crippen LogP contribution in [0.4, 0.5) is 4.39 Å². The van der Waals surface area contributed by atoms with E-state index in [0.29, 0.717) is 45.4 Å². The molecule has 2 fully saturated rings. The standard InChI is InChI=1S/C21H19FN2O3S/c22-15-11-13(21-26-9-2-10-27-21)5-6-14(15)19-24-17-8-7-16(23-20(17)28-19)18(25)12-3-1-4-12/h5-8,11-12,21H,1-4,9-10H2. The molecule has 3 aromatic rings. The molecule has 28 heavy (non-hydrogen) atoms. The van der Waals surface area contributed by atoms with Crippen LogP contribution >= 0.6 is 11.3 Å². The Kier molecular flexibility index (Phi) is 4.66. The predicted octanol–water partition coefficient (Wildman–Crippen LogP) is 4.92. The number of pyridine rings is 1. The van der Waals surface area contributed by atoms with E-state index in [4.69, 9.17) is 9.47 Å². The van der Waals surface area contributed by atoms with E-state index >= 15 is 0 Å². The maximum Gasteiger partial charge on any atom is 0.184 e. The van der Waals surface area contributed by atoms with Crippen LogP contribution in [0, 0.1) is 11.7 Å². The van der Waals surface area contributed by atoms with E-state index in [2.05, 4.69) is 9.97 Å². The second-order valence-corrected chi connectivity index (χ2v) is 8.18. The maximum atomic E-state index is 14.8. The Morgan fingerprint density at radius 3 is 2.61 bits per heavy atom. The van der Waals surface area contributed by atoms with E-state index in [9.17, 15) is 9.18 Å². The summed E-state index contributed by atoms with van der Waals surface area (Å²) < 4.78 is 25.8. The number of hydrogen-bond donors (Lipinski definition) is 0. The first-order chi connectivity index (χ1) is 13.7. The quantitative estimate of drug-likeness (QED) is 0.584. The monoisotopic (exact) mass is 398 g/mol. The lowest BCUT2D eigenvalue weighted by Crippen LogP contribution is -2.22. The Bertz CT molecular complexity index is 1040. The average molecular weight is 398 g/mol. The Morgan fingerprint density at radius 1 is 1.07 bits per heavy atom. The summed E-state index contributed by atoms with van der Waals surface area (Å²) >= 11 is 1.30. The number of carbonyl (C=O) groups is 1. The van der Waals surface area contributed by atoms with Crippen LogP contribution in [0.25, 0.3) is 20.9 Å². The molecule has 2 aromatic heterocycles. The van der Waals surface area contributed by atoms with Crippen LogP contribution in [0.3, 0.4) is 0 Å². The van der Waals surface area contributed by atoms with Crippen molar-refractivity contribution in [3.63, 3.8) is 0 Å². The molecule has 0 amide bonds. The topological polar surface area (TPSA) is 61.3 Å². The summed E-state index contributed by atoms with van der Waals surface area (Å²) in [5.41, 5.74) is 2.23. The molecule has 144 valence electrons. The molecule has 3 heterocycles. The molecule has 7 heteroatoms. The van der Waals surface area contributed by atoms with Gasteiger partial charge in [0.2, 0.25) is 0 Å². The van der Waals surface area contributed by atoms with Crippen LogP contribution in [0.1, 0.15) is 48.0 Å². The highest BCUT2D eigenvalue weighted by Gasteiger charge is 2.27. The van der Waals surface area contributed by atoms with Crippen molar-refractivity contribution in [1.82, 2.24) is 9.97 Å². The summed E-state index contributed by atoms with van der Waals surface area (Å²) in [6.07, 6.45) is 3.32. The molecule has 1 saturated carbocycles. The molecule has 1 aliphatic heterocycles. The Morgan fingerprint density at radius 2 is 1.89 bits per heavy atom. The van der Waals surface area contributed by atoms with E-state index < -0.39 is 6.29 Å². The highest BCUT2D eigenvalue weighted by atomic mass is 32.1. The van der Waals surface area contributed by atoms with Crippen molar-refractivity contribution in [2.24, 2.45) is 5.92 Å². The second-order valence-electron chi connectivity index (χ2n) is 7.20. The number of thiazole rings is 1. The van der Waals surface area contributed by atoms with Gasteiger partial charge in [-0.05, 0) is 43.5 Å². The summed E-state index contributed by atoms with van der Waals surface area (Å²) in [6.45, 7) is 1.22. The Hall–Kier alpha value is -2.22. The molecule has 0 atom stereocenters. The van der Waals surface area contributed by atoms with Crippen molar-refractivity contribution in [2.45, 2.75) is 32.0 Å². The van der Waals surface area contributed by atoms with Crippen molar-refractivity contribution >= 4 is 27.5 Å². The number of benzene rings is 1. The minimum absolute atomic E-state index is 0.103. The van der Waals surface area contributed by atoms with Gasteiger partial charge in [-0.1, -0.05) is 23.8 Å². The molecule has 2 aliphatic rings. The first-order valence-corrected chi connectivity index (χ1v) is 10.4. The number of Topliss-reactive ketones (excluding diaryl/α,β-unsaturated/α-hetero) is 1. The lowest BCUT2D eigenvalue weighted by Gasteiger charge is -2.23. The molecule has 5 rings (SSSR count). The third-order valence-corrected chi connectivity index (χ3v) is 6.31. The third-order valence-electron chi connectivity index (χ3n) is 5.31. The number of rotatable bonds is 4. The number of ketones is 1. The SMILES string of the molecule is O=C(c1ccc2nc(-c3ccc(C4OCCCO4)cc3F)sc2n1)C1CCC1. The molecule has 0 bridgehead atoms. The number of aromatic nitrogens is 2. The van der Waals surface area contributed by atoms with Crippen LogP contribution in [0.15, 0.2) is 30.3 Å². The summed E-state index contributed by atoms with van der Waals surface area (Å²) in [7, 11) is 0. The van der Waals surface area contributed by atoms with E-state index in [1.54, 1.807) is 24.3 Å². The molecule has 5 nitrogen and oxygen atoms in total. The summed E-state index contributed by atoms with van der Waals surface area (Å²) in [4.78, 5) is 22.1. The lowest BCUT2D eigenvalue weighted by atomic mass is 9.81. The molecule has 1 saturated heterocycles. The maximum absolute atomic E-state index is 14.8. The van der Waals surface area contributed by atoms with Gasteiger partial charge < -0.3 is 9.47 Å². The lowest BCUT2D eigenvalue weighted by molar-refractivity contribution is -0.183. The molecular weight excluding hydrogens is 379 g/mol. The molecule has 0 spiro atoms. The third kappa shape index (κ3) is 3.23. The summed E-state index contributed by atoms with van der Waals surface area (Å²) in [5, 5.41) is 0.547. The largest absolute Gasteiger partial charge is 0.348 e. The van der Waals surface area contributed by atoms with Crippen LogP contribution in [-0.4, -0.2) is 29.0 Å². The van der Waals surface area contributed by atoms with Crippen molar-refractivity contribution in [3.05, 3.63) is 47.4 Å². The van der Waals surface area contributed by atoms with Crippen LogP contribution in [0.5, 0.6) is 0 Å². The van der Waals surface area contributed by atoms with Crippen LogP contribution < -0.4 is 0 Å². The zero-order valence-electron chi connectivity index (χ0n) is 15.2. The number of halogens is 1. The van der Waals surface area contributed by atoms with Gasteiger partial charge in [-0.3, -0.25) is 4.79 Å². The van der Waals surface area contributed by atoms with Gasteiger partial charge in [-0.25, -0.2) is 14.4 Å². The van der Waals surface area contributed by atoms with Gasteiger partial charge in [0.15, 0.2) is 12.1 Å². The van der Waals surface area contributed by atoms with E-state index in [1.165, 1.54) is 17.4 Å². The van der Waals surface area contributed by atoms with Crippen molar-refractivity contribution < 1.29 is 18.7 Å². The number of fused-ring (bicyclic) bond motifs is 1. The average Bonchev–Trinajstić information content (AvgIpc) is 3.10. The molecular formula is C21H19FN2O3S. The number of nitrogens with zero attached hydrogens (tertiary/aromatic N) is 2. The van der Waals surface area contributed by atoms with Gasteiger partial charge in [0.05, 0.1) is 13.2 Å². The Balaban J connectivity index is 1.44. The summed E-state index contributed by atoms with van der Waals surface area (Å²) in [6, 6.07) is 8.47. The molecule has 0 N–H and O–H groups in total. The predicted molar refractivity (Wildman–Crippen MR) is 104 cm³/mol. The Labute approximate surface area is 165 Å². The van der Waals surface area contributed by atoms with Gasteiger partial charge in [0, 0.05) is 17.0 Å². The minimum atomic E-state index is -0.519. The van der Waals surface area contributed by atoms with E-state index in [-0.39, 0.29) is 17.5 Å². The zero-order valence-corrected chi connectivity index (χ0v) is 16.0. The van der Waals surface area contributed by atoms with Crippen molar-refractivity contribution in [3.8, 4) is 10.6 Å². The number of ether oxygens (including phenoxy) is 2. The molecule has 1 aliphatic carbocycles. The van der Waals surface area contributed by atoms with Gasteiger partial charge >= 0.3 is 0 Å². The number of hydrogen-bond acceptors (Lipinski definition) is 6. The van der Waals surface area contributed by atoms with E-state index in [1.807, 2.05) is 0 Å². The fourth-order valence-electron chi connectivity index (χ4n) is 3.48. The second kappa shape index (κ2) is 7.31. The first kappa shape index (κ1) is 17.8. The highest BCUT2D eigenvalue weighted by molar-refractivity contribution is 7.21. The zero-order chi connectivity index (χ0) is 19.1. The fourth-order valence-corrected chi connectivity index (χ4v) is 4.45. The number of carbonyl (C=O) groups excluding carboxylic acids is 1. The smallest absolute Gasteiger partial charge is 0.184 e. The fraction of sp³-hybridized carbons (Fsp3) is 0.381. The van der Waals surface area contributed by atoms with Crippen molar-refractivity contribution in [2.75, 3.05) is 13.2 Å². The van der Waals surface area contributed by atoms with Gasteiger partial charge in [-0.2, -0.15) is 0 Å². The first-order valence-electron chi connectivity index (χ1n) is 9.54. The van der Waals surface area contributed by atoms with Gasteiger partial charge in [0.1, 0.15) is 26.9 Å². The highest BCUT2D eigenvalue weighted by Crippen LogP contribution is 2.34. The van der Waals surface area contributed by atoms with Crippen molar-refractivity contribution in [1.29, 1.82) is 0 Å². The summed E-state index contributed by atoms with van der Waals surface area (Å²) in [5.74, 6) is -0.169. The van der Waals surface area contributed by atoms with Crippen LogP contribution in [-0.2, 0) is 9.47 Å². The minimum Gasteiger partial charge on any atom is -0.348 e. The van der Waals surface area contributed by atoms with Gasteiger partial charge in [-0.15, -0.1) is 0 Å². The van der Waals surface area contributed by atoms with E-state index in [0.717, 1.165) is 25.7 Å². The normalized spacial score (nSPS) is 18.3. The molecule has 1 aromatic carbocycles. The van der Waals surface area contributed by atoms with Crippen LogP contribution in [0.2, 0.25) is 0 Å². The van der Waals surface area contributed by atoms with Gasteiger partial charge in [0.25, 0.3) is 0 Å².